The maximum absolute atomic E-state index is 10.9. The van der Waals surface area contributed by atoms with Gasteiger partial charge in [-0.05, 0) is 9.85 Å². The molecule has 2 rings (SSSR count). The van der Waals surface area contributed by atoms with Gasteiger partial charge in [0.25, 0.3) is 0 Å². The van der Waals surface area contributed by atoms with Crippen molar-refractivity contribution < 1.29 is 15.0 Å². The van der Waals surface area contributed by atoms with Crippen LogP contribution in [0.5, 0.6) is 0 Å². The van der Waals surface area contributed by atoms with Crippen molar-refractivity contribution in [3.8, 4) is 0 Å². The molecule has 0 fully saturated rings. The third-order valence-electron chi connectivity index (χ3n) is 3.23. The lowest BCUT2D eigenvalue weighted by Crippen LogP contribution is -2.24. The largest absolute Gasteiger partial charge is 0.385 e. The molecule has 2 aromatic rings. The number of nitro groups is 2. The topological polar surface area (TPSA) is 142 Å². The third kappa shape index (κ3) is 2.93. The predicted molar refractivity (Wildman–Crippen MR) is 73.2 cm³/mol. The van der Waals surface area contributed by atoms with E-state index in [9.17, 15) is 25.3 Å². The Morgan fingerprint density at radius 1 is 1.05 bits per heavy atom. The Labute approximate surface area is 124 Å². The Balaban J connectivity index is 2.20. The summed E-state index contributed by atoms with van der Waals surface area (Å²) >= 11 is 0. The first-order valence-electron chi connectivity index (χ1n) is 6.32. The van der Waals surface area contributed by atoms with Gasteiger partial charge in [-0.3, -0.25) is 0 Å². The molecule has 2 aromatic heterocycles. The zero-order valence-electron chi connectivity index (χ0n) is 11.9. The molecule has 22 heavy (non-hydrogen) atoms. The first-order chi connectivity index (χ1) is 10.3. The quantitative estimate of drug-likeness (QED) is 0.607. The van der Waals surface area contributed by atoms with Gasteiger partial charge < -0.3 is 25.3 Å². The maximum atomic E-state index is 10.9. The molecule has 0 aliphatic rings. The van der Waals surface area contributed by atoms with Crippen molar-refractivity contribution in [3.05, 3.63) is 44.3 Å². The zero-order chi connectivity index (χ0) is 16.4. The van der Waals surface area contributed by atoms with Crippen molar-refractivity contribution in [1.82, 2.24) is 19.1 Å². The molecular formula is C11H14N6O5. The number of hydrogen-bond acceptors (Lipinski definition) is 7. The highest BCUT2D eigenvalue weighted by molar-refractivity contribution is 5.20. The number of aromatic nitrogens is 4. The third-order valence-corrected chi connectivity index (χ3v) is 3.23. The fraction of sp³-hybridized carbons (Fsp3) is 0.455. The van der Waals surface area contributed by atoms with Gasteiger partial charge in [0, 0.05) is 13.8 Å². The molecule has 11 nitrogen and oxygen atoms in total. The van der Waals surface area contributed by atoms with Crippen LogP contribution in [-0.4, -0.2) is 40.2 Å². The molecule has 0 aromatic carbocycles. The van der Waals surface area contributed by atoms with Gasteiger partial charge in [-0.2, -0.15) is 0 Å². The van der Waals surface area contributed by atoms with E-state index in [4.69, 9.17) is 0 Å². The molecule has 1 N–H and O–H groups in total. The van der Waals surface area contributed by atoms with E-state index in [1.807, 2.05) is 0 Å². The molecule has 0 amide bonds. The van der Waals surface area contributed by atoms with Crippen LogP contribution in [0.1, 0.15) is 11.6 Å². The van der Waals surface area contributed by atoms with Crippen LogP contribution in [0.4, 0.5) is 11.6 Å². The van der Waals surface area contributed by atoms with E-state index < -0.39 is 16.0 Å². The second-order valence-electron chi connectivity index (χ2n) is 4.72. The molecule has 0 saturated heterocycles. The second-order valence-corrected chi connectivity index (χ2v) is 4.72. The second kappa shape index (κ2) is 5.89. The fourth-order valence-corrected chi connectivity index (χ4v) is 2.13. The molecule has 0 spiro atoms. The van der Waals surface area contributed by atoms with Crippen LogP contribution in [-0.2, 0) is 13.1 Å². The minimum atomic E-state index is -1.07. The van der Waals surface area contributed by atoms with Crippen molar-refractivity contribution in [2.75, 3.05) is 0 Å². The summed E-state index contributed by atoms with van der Waals surface area (Å²) in [4.78, 5) is 28.2. The summed E-state index contributed by atoms with van der Waals surface area (Å²) in [6.07, 6.45) is 1.14. The summed E-state index contributed by atoms with van der Waals surface area (Å²) in [5, 5.41) is 31.9. The number of imidazole rings is 2. The van der Waals surface area contributed by atoms with E-state index in [-0.39, 0.29) is 24.7 Å². The standard InChI is InChI=1S/C11H14N6O5/c1-7-12-3-10(16(19)20)14(7)5-9(18)6-15-8(2)13-4-11(15)17(21)22/h3-4,9,18H,5-6H2,1-2H3. The van der Waals surface area contributed by atoms with E-state index in [1.54, 1.807) is 13.8 Å². The van der Waals surface area contributed by atoms with E-state index in [0.717, 1.165) is 12.4 Å². The molecular weight excluding hydrogens is 296 g/mol. The lowest BCUT2D eigenvalue weighted by atomic mass is 10.3. The van der Waals surface area contributed by atoms with Gasteiger partial charge in [0.05, 0.1) is 0 Å². The number of hydrogen-bond donors (Lipinski definition) is 1. The Morgan fingerprint density at radius 3 is 1.73 bits per heavy atom. The van der Waals surface area contributed by atoms with Crippen LogP contribution in [0.3, 0.4) is 0 Å². The minimum absolute atomic E-state index is 0.100. The summed E-state index contributed by atoms with van der Waals surface area (Å²) < 4.78 is 2.51. The maximum Gasteiger partial charge on any atom is 0.342 e. The number of aliphatic hydroxyl groups excluding tert-OH is 1. The van der Waals surface area contributed by atoms with E-state index in [2.05, 4.69) is 9.97 Å². The lowest BCUT2D eigenvalue weighted by molar-refractivity contribution is -0.393. The Kier molecular flexibility index (Phi) is 4.17. The van der Waals surface area contributed by atoms with Gasteiger partial charge in [-0.15, -0.1) is 0 Å². The van der Waals surface area contributed by atoms with Gasteiger partial charge in [-0.25, -0.2) is 19.1 Å². The van der Waals surface area contributed by atoms with Crippen LogP contribution < -0.4 is 0 Å². The number of rotatable bonds is 6. The molecule has 0 aliphatic heterocycles. The molecule has 11 heteroatoms. The average molecular weight is 310 g/mol. The van der Waals surface area contributed by atoms with Gasteiger partial charge in [0.15, 0.2) is 11.6 Å². The van der Waals surface area contributed by atoms with Crippen LogP contribution in [0, 0.1) is 34.1 Å². The molecule has 0 bridgehead atoms. The van der Waals surface area contributed by atoms with Crippen LogP contribution >= 0.6 is 0 Å². The summed E-state index contributed by atoms with van der Waals surface area (Å²) in [5.74, 6) is 0.270. The molecule has 0 saturated carbocycles. The molecule has 0 unspecified atom stereocenters. The fourth-order valence-electron chi connectivity index (χ4n) is 2.13. The summed E-state index contributed by atoms with van der Waals surface area (Å²) in [6, 6.07) is 0. The highest BCUT2D eigenvalue weighted by Crippen LogP contribution is 2.17. The van der Waals surface area contributed by atoms with Crippen molar-refractivity contribution in [2.24, 2.45) is 0 Å². The zero-order valence-corrected chi connectivity index (χ0v) is 11.9. The van der Waals surface area contributed by atoms with Gasteiger partial charge >= 0.3 is 11.6 Å². The monoisotopic (exact) mass is 310 g/mol. The van der Waals surface area contributed by atoms with Gasteiger partial charge in [0.2, 0.25) is 0 Å². The van der Waals surface area contributed by atoms with Crippen molar-refractivity contribution in [3.63, 3.8) is 0 Å². The summed E-state index contributed by atoms with van der Waals surface area (Å²) in [5.41, 5.74) is 0. The van der Waals surface area contributed by atoms with Crippen LogP contribution in [0.15, 0.2) is 12.4 Å². The SMILES string of the molecule is Cc1ncc([N+](=O)[O-])n1CC(O)Cn1c([N+](=O)[O-])cnc1C. The van der Waals surface area contributed by atoms with Gasteiger partial charge in [0.1, 0.15) is 31.6 Å². The molecule has 118 valence electrons. The normalized spacial score (nSPS) is 11.1. The van der Waals surface area contributed by atoms with Crippen molar-refractivity contribution in [2.45, 2.75) is 33.0 Å². The first kappa shape index (κ1) is 15.6. The smallest absolute Gasteiger partial charge is 0.342 e. The van der Waals surface area contributed by atoms with E-state index in [0.29, 0.717) is 11.6 Å². The van der Waals surface area contributed by atoms with Crippen LogP contribution in [0.25, 0.3) is 0 Å². The Hall–Kier alpha value is -2.82. The minimum Gasteiger partial charge on any atom is -0.385 e. The Bertz CT molecular complexity index is 660. The number of aryl methyl sites for hydroxylation is 2. The average Bonchev–Trinajstić information content (AvgIpc) is 2.95. The lowest BCUT2D eigenvalue weighted by Gasteiger charge is -2.10. The molecule has 0 atom stereocenters. The predicted octanol–water partition coefficient (Wildman–Crippen LogP) is 0.574. The highest BCUT2D eigenvalue weighted by Gasteiger charge is 2.25. The number of nitrogens with zero attached hydrogens (tertiary/aromatic N) is 6. The molecule has 0 radical (unpaired) electrons. The van der Waals surface area contributed by atoms with Gasteiger partial charge in [-0.1, -0.05) is 0 Å². The highest BCUT2D eigenvalue weighted by atomic mass is 16.6. The van der Waals surface area contributed by atoms with Crippen LogP contribution in [0.2, 0.25) is 0 Å². The first-order valence-corrected chi connectivity index (χ1v) is 6.32. The summed E-state index contributed by atoms with van der Waals surface area (Å²) in [7, 11) is 0. The van der Waals surface area contributed by atoms with E-state index in [1.165, 1.54) is 9.13 Å². The Morgan fingerprint density at radius 2 is 1.41 bits per heavy atom. The van der Waals surface area contributed by atoms with Crippen molar-refractivity contribution in [1.29, 1.82) is 0 Å². The van der Waals surface area contributed by atoms with Crippen molar-refractivity contribution >= 4 is 11.6 Å². The van der Waals surface area contributed by atoms with E-state index >= 15 is 0 Å². The molecule has 2 heterocycles. The summed E-state index contributed by atoms with van der Waals surface area (Å²) in [6.45, 7) is 2.95. The molecule has 0 aliphatic carbocycles. The number of aliphatic hydroxyl groups is 1.